The zero-order valence-corrected chi connectivity index (χ0v) is 11.9. The highest BCUT2D eigenvalue weighted by atomic mass is 32.1. The molecule has 6 nitrogen and oxygen atoms in total. The molecule has 2 heterocycles. The summed E-state index contributed by atoms with van der Waals surface area (Å²) >= 11 is 1.14. The van der Waals surface area contributed by atoms with E-state index >= 15 is 0 Å². The van der Waals surface area contributed by atoms with Crippen molar-refractivity contribution in [3.05, 3.63) is 41.9 Å². The predicted octanol–water partition coefficient (Wildman–Crippen LogP) is 1.66. The third-order valence-electron chi connectivity index (χ3n) is 2.60. The number of aryl methyl sites for hydroxylation is 1. The number of pyridine rings is 1. The van der Waals surface area contributed by atoms with Gasteiger partial charge in [0.2, 0.25) is 0 Å². The number of hydrogen-bond donors (Lipinski definition) is 2. The predicted molar refractivity (Wildman–Crippen MR) is 76.3 cm³/mol. The molecule has 1 atom stereocenters. The highest BCUT2D eigenvalue weighted by molar-refractivity contribution is 7.10. The number of hydrogen-bond acceptors (Lipinski definition) is 5. The van der Waals surface area contributed by atoms with Crippen molar-refractivity contribution in [3.63, 3.8) is 0 Å². The van der Waals surface area contributed by atoms with Crippen LogP contribution in [0.3, 0.4) is 0 Å². The monoisotopic (exact) mass is 290 g/mol. The van der Waals surface area contributed by atoms with E-state index in [-0.39, 0.29) is 6.04 Å². The molecule has 0 bridgehead atoms. The fourth-order valence-electron chi connectivity index (χ4n) is 1.57. The van der Waals surface area contributed by atoms with Gasteiger partial charge in [0.1, 0.15) is 5.00 Å². The molecular formula is C13H14N4O2S. The number of nitrogens with zero attached hydrogens (tertiary/aromatic N) is 2. The van der Waals surface area contributed by atoms with Crippen molar-refractivity contribution < 1.29 is 9.59 Å². The molecule has 2 aromatic heterocycles. The fraction of sp³-hybridized carbons (Fsp3) is 0.231. The zero-order valence-electron chi connectivity index (χ0n) is 11.1. The molecule has 0 aliphatic rings. The minimum absolute atomic E-state index is 0.287. The normalized spacial score (nSPS) is 11.7. The van der Waals surface area contributed by atoms with Crippen LogP contribution in [0.4, 0.5) is 5.00 Å². The van der Waals surface area contributed by atoms with Gasteiger partial charge in [0, 0.05) is 12.4 Å². The van der Waals surface area contributed by atoms with Crippen LogP contribution in [0, 0.1) is 6.92 Å². The van der Waals surface area contributed by atoms with E-state index < -0.39 is 11.8 Å². The van der Waals surface area contributed by atoms with Gasteiger partial charge in [-0.3, -0.25) is 14.6 Å². The van der Waals surface area contributed by atoms with Gasteiger partial charge in [-0.1, -0.05) is 6.07 Å². The van der Waals surface area contributed by atoms with Gasteiger partial charge in [0.15, 0.2) is 0 Å². The number of carbonyl (C=O) groups excluding carboxylic acids is 2. The van der Waals surface area contributed by atoms with Crippen LogP contribution in [0.1, 0.15) is 24.2 Å². The summed E-state index contributed by atoms with van der Waals surface area (Å²) in [5.74, 6) is -1.39. The number of aromatic nitrogens is 2. The largest absolute Gasteiger partial charge is 0.341 e. The molecule has 0 aliphatic carbocycles. The maximum absolute atomic E-state index is 11.8. The number of amides is 2. The average molecular weight is 290 g/mol. The molecule has 104 valence electrons. The molecular weight excluding hydrogens is 276 g/mol. The molecule has 7 heteroatoms. The van der Waals surface area contributed by atoms with Crippen LogP contribution in [0.5, 0.6) is 0 Å². The van der Waals surface area contributed by atoms with Gasteiger partial charge in [-0.25, -0.2) is 0 Å². The Hall–Kier alpha value is -2.28. The Balaban J connectivity index is 1.93. The number of carbonyl (C=O) groups is 2. The van der Waals surface area contributed by atoms with Crippen LogP contribution in [-0.4, -0.2) is 21.2 Å². The van der Waals surface area contributed by atoms with Gasteiger partial charge in [-0.2, -0.15) is 4.37 Å². The van der Waals surface area contributed by atoms with Gasteiger partial charge in [0.05, 0.1) is 11.7 Å². The van der Waals surface area contributed by atoms with Crippen LogP contribution in [-0.2, 0) is 9.59 Å². The molecule has 0 saturated carbocycles. The molecule has 1 unspecified atom stereocenters. The molecule has 2 rings (SSSR count). The van der Waals surface area contributed by atoms with Crippen LogP contribution < -0.4 is 10.6 Å². The molecule has 2 N–H and O–H groups in total. The number of rotatable bonds is 3. The summed E-state index contributed by atoms with van der Waals surface area (Å²) in [6.45, 7) is 3.61. The second-order valence-electron chi connectivity index (χ2n) is 4.27. The fourth-order valence-corrected chi connectivity index (χ4v) is 2.23. The minimum Gasteiger partial charge on any atom is -0.341 e. The van der Waals surface area contributed by atoms with Crippen LogP contribution in [0.2, 0.25) is 0 Å². The van der Waals surface area contributed by atoms with E-state index in [0.29, 0.717) is 5.00 Å². The summed E-state index contributed by atoms with van der Waals surface area (Å²) in [5.41, 5.74) is 1.64. The Labute approximate surface area is 120 Å². The topological polar surface area (TPSA) is 84.0 Å². The highest BCUT2D eigenvalue weighted by Gasteiger charge is 2.17. The quantitative estimate of drug-likeness (QED) is 0.842. The smallest absolute Gasteiger partial charge is 0.314 e. The molecule has 0 aliphatic heterocycles. The third-order valence-corrected chi connectivity index (χ3v) is 3.40. The zero-order chi connectivity index (χ0) is 14.5. The Morgan fingerprint density at radius 1 is 1.35 bits per heavy atom. The molecule has 0 fully saturated rings. The lowest BCUT2D eigenvalue weighted by Gasteiger charge is -2.13. The first-order valence-electron chi connectivity index (χ1n) is 6.01. The summed E-state index contributed by atoms with van der Waals surface area (Å²) in [6.07, 6.45) is 3.30. The molecule has 0 spiro atoms. The molecule has 0 aromatic carbocycles. The van der Waals surface area contributed by atoms with Crippen molar-refractivity contribution in [2.75, 3.05) is 5.32 Å². The SMILES string of the molecule is Cc1cc(NC(=O)C(=O)NC(C)c2cccnc2)sn1. The first-order chi connectivity index (χ1) is 9.56. The van der Waals surface area contributed by atoms with Crippen molar-refractivity contribution in [2.24, 2.45) is 0 Å². The third kappa shape index (κ3) is 3.61. The lowest BCUT2D eigenvalue weighted by Crippen LogP contribution is -2.36. The Morgan fingerprint density at radius 3 is 2.75 bits per heavy atom. The lowest BCUT2D eigenvalue weighted by atomic mass is 10.1. The summed E-state index contributed by atoms with van der Waals surface area (Å²) in [4.78, 5) is 27.5. The van der Waals surface area contributed by atoms with Crippen molar-refractivity contribution in [1.82, 2.24) is 14.7 Å². The molecule has 20 heavy (non-hydrogen) atoms. The van der Waals surface area contributed by atoms with Crippen molar-refractivity contribution in [2.45, 2.75) is 19.9 Å². The Bertz CT molecular complexity index is 612. The molecule has 2 aromatic rings. The van der Waals surface area contributed by atoms with E-state index in [0.717, 1.165) is 22.8 Å². The summed E-state index contributed by atoms with van der Waals surface area (Å²) in [6, 6.07) is 5.03. The lowest BCUT2D eigenvalue weighted by molar-refractivity contribution is -0.136. The van der Waals surface area contributed by atoms with Gasteiger partial charge in [0.25, 0.3) is 0 Å². The van der Waals surface area contributed by atoms with Crippen molar-refractivity contribution in [3.8, 4) is 0 Å². The van der Waals surface area contributed by atoms with E-state index in [2.05, 4.69) is 20.0 Å². The second-order valence-corrected chi connectivity index (χ2v) is 5.07. The maximum atomic E-state index is 11.8. The number of anilines is 1. The van der Waals surface area contributed by atoms with E-state index in [9.17, 15) is 9.59 Å². The first kappa shape index (κ1) is 14.1. The van der Waals surface area contributed by atoms with E-state index in [1.165, 1.54) is 0 Å². The van der Waals surface area contributed by atoms with E-state index in [1.807, 2.05) is 13.0 Å². The number of nitrogens with one attached hydrogen (secondary N) is 2. The Morgan fingerprint density at radius 2 is 2.15 bits per heavy atom. The van der Waals surface area contributed by atoms with E-state index in [1.54, 1.807) is 31.5 Å². The minimum atomic E-state index is -0.704. The second kappa shape index (κ2) is 6.25. The average Bonchev–Trinajstić information content (AvgIpc) is 2.85. The van der Waals surface area contributed by atoms with Gasteiger partial charge in [-0.05, 0) is 43.1 Å². The van der Waals surface area contributed by atoms with Crippen LogP contribution in [0.25, 0.3) is 0 Å². The van der Waals surface area contributed by atoms with Gasteiger partial charge in [-0.15, -0.1) is 0 Å². The highest BCUT2D eigenvalue weighted by Crippen LogP contribution is 2.15. The van der Waals surface area contributed by atoms with Crippen molar-refractivity contribution >= 4 is 28.3 Å². The standard InChI is InChI=1S/C13H14N4O2S/c1-8-6-11(20-17-8)16-13(19)12(18)15-9(2)10-4-3-5-14-7-10/h3-7,9H,1-2H3,(H,15,18)(H,16,19). The first-order valence-corrected chi connectivity index (χ1v) is 6.78. The van der Waals surface area contributed by atoms with Crippen LogP contribution in [0.15, 0.2) is 30.6 Å². The van der Waals surface area contributed by atoms with E-state index in [4.69, 9.17) is 0 Å². The van der Waals surface area contributed by atoms with Crippen molar-refractivity contribution in [1.29, 1.82) is 0 Å². The summed E-state index contributed by atoms with van der Waals surface area (Å²) in [7, 11) is 0. The van der Waals surface area contributed by atoms with Crippen LogP contribution >= 0.6 is 11.5 Å². The Kier molecular flexibility index (Phi) is 4.41. The molecule has 0 radical (unpaired) electrons. The summed E-state index contributed by atoms with van der Waals surface area (Å²) in [5, 5.41) is 5.68. The van der Waals surface area contributed by atoms with Gasteiger partial charge >= 0.3 is 11.8 Å². The molecule has 0 saturated heterocycles. The summed E-state index contributed by atoms with van der Waals surface area (Å²) < 4.78 is 4.02. The van der Waals surface area contributed by atoms with Gasteiger partial charge < -0.3 is 10.6 Å². The molecule has 2 amide bonds. The maximum Gasteiger partial charge on any atom is 0.314 e.